The van der Waals surface area contributed by atoms with Crippen molar-refractivity contribution in [1.29, 1.82) is 0 Å². The lowest BCUT2D eigenvalue weighted by molar-refractivity contribution is -0.140. The normalized spacial score (nSPS) is 19.4. The minimum Gasteiger partial charge on any atom is -0.480 e. The van der Waals surface area contributed by atoms with Crippen molar-refractivity contribution in [2.75, 3.05) is 7.05 Å². The van der Waals surface area contributed by atoms with Crippen LogP contribution in [0.15, 0.2) is 6.33 Å². The number of likely N-dealkylation sites (N-methyl/N-ethyl adjacent to an activating group) is 1. The SMILES string of the molecule is CNC(C(=O)O)C(C)n1cnc(C2CC2)n1. The first-order valence-electron chi connectivity index (χ1n) is 5.44. The highest BCUT2D eigenvalue weighted by atomic mass is 16.4. The van der Waals surface area contributed by atoms with Crippen LogP contribution in [-0.2, 0) is 4.79 Å². The molecule has 1 saturated carbocycles. The van der Waals surface area contributed by atoms with Gasteiger partial charge in [0.25, 0.3) is 0 Å². The highest BCUT2D eigenvalue weighted by Crippen LogP contribution is 2.37. The van der Waals surface area contributed by atoms with Gasteiger partial charge in [0.2, 0.25) is 0 Å². The van der Waals surface area contributed by atoms with Crippen molar-refractivity contribution in [3.05, 3.63) is 12.2 Å². The maximum absolute atomic E-state index is 11.0. The lowest BCUT2D eigenvalue weighted by Gasteiger charge is -2.19. The molecule has 6 nitrogen and oxygen atoms in total. The number of nitrogens with one attached hydrogen (secondary N) is 1. The van der Waals surface area contributed by atoms with E-state index in [-0.39, 0.29) is 6.04 Å². The topological polar surface area (TPSA) is 80.0 Å². The summed E-state index contributed by atoms with van der Waals surface area (Å²) in [6, 6.07) is -0.892. The third kappa shape index (κ3) is 2.06. The molecule has 0 saturated heterocycles. The second kappa shape index (κ2) is 4.21. The quantitative estimate of drug-likeness (QED) is 0.756. The lowest BCUT2D eigenvalue weighted by atomic mass is 10.1. The van der Waals surface area contributed by atoms with Crippen LogP contribution < -0.4 is 5.32 Å². The number of carbonyl (C=O) groups is 1. The molecule has 2 rings (SSSR count). The Hall–Kier alpha value is -1.43. The Balaban J connectivity index is 2.11. The zero-order valence-electron chi connectivity index (χ0n) is 9.42. The number of aromatic nitrogens is 3. The second-order valence-electron chi connectivity index (χ2n) is 4.20. The third-order valence-corrected chi connectivity index (χ3v) is 2.95. The van der Waals surface area contributed by atoms with Crippen LogP contribution in [0.25, 0.3) is 0 Å². The molecule has 1 aromatic rings. The summed E-state index contributed by atoms with van der Waals surface area (Å²) in [4.78, 5) is 15.2. The molecule has 0 amide bonds. The summed E-state index contributed by atoms with van der Waals surface area (Å²) in [5, 5.41) is 16.1. The van der Waals surface area contributed by atoms with E-state index < -0.39 is 12.0 Å². The van der Waals surface area contributed by atoms with Gasteiger partial charge in [-0.3, -0.25) is 4.79 Å². The molecule has 0 spiro atoms. The van der Waals surface area contributed by atoms with Gasteiger partial charge in [-0.15, -0.1) is 0 Å². The summed E-state index contributed by atoms with van der Waals surface area (Å²) in [5.74, 6) is 0.455. The molecule has 0 bridgehead atoms. The van der Waals surface area contributed by atoms with Crippen molar-refractivity contribution < 1.29 is 9.90 Å². The maximum atomic E-state index is 11.0. The molecule has 88 valence electrons. The van der Waals surface area contributed by atoms with E-state index in [1.165, 1.54) is 0 Å². The molecule has 1 aliphatic carbocycles. The average molecular weight is 224 g/mol. The van der Waals surface area contributed by atoms with Gasteiger partial charge in [-0.2, -0.15) is 5.10 Å². The monoisotopic (exact) mass is 224 g/mol. The van der Waals surface area contributed by atoms with Crippen LogP contribution in [0.2, 0.25) is 0 Å². The Labute approximate surface area is 93.7 Å². The number of carboxylic acid groups (broad SMARTS) is 1. The van der Waals surface area contributed by atoms with Gasteiger partial charge >= 0.3 is 5.97 Å². The van der Waals surface area contributed by atoms with E-state index in [0.29, 0.717) is 5.92 Å². The van der Waals surface area contributed by atoms with E-state index in [1.807, 2.05) is 6.92 Å². The fraction of sp³-hybridized carbons (Fsp3) is 0.700. The zero-order chi connectivity index (χ0) is 11.7. The first kappa shape index (κ1) is 11.1. The van der Waals surface area contributed by atoms with E-state index in [2.05, 4.69) is 15.4 Å². The zero-order valence-corrected chi connectivity index (χ0v) is 9.42. The Kier molecular flexibility index (Phi) is 2.91. The van der Waals surface area contributed by atoms with Crippen LogP contribution >= 0.6 is 0 Å². The first-order chi connectivity index (χ1) is 7.63. The largest absolute Gasteiger partial charge is 0.480 e. The fourth-order valence-electron chi connectivity index (χ4n) is 1.74. The van der Waals surface area contributed by atoms with E-state index in [1.54, 1.807) is 18.1 Å². The third-order valence-electron chi connectivity index (χ3n) is 2.95. The van der Waals surface area contributed by atoms with Crippen LogP contribution in [0, 0.1) is 0 Å². The summed E-state index contributed by atoms with van der Waals surface area (Å²) in [7, 11) is 1.63. The molecule has 0 aromatic carbocycles. The molecule has 2 N–H and O–H groups in total. The van der Waals surface area contributed by atoms with Gasteiger partial charge in [-0.1, -0.05) is 0 Å². The number of hydrogen-bond donors (Lipinski definition) is 2. The van der Waals surface area contributed by atoms with E-state index >= 15 is 0 Å². The van der Waals surface area contributed by atoms with Gasteiger partial charge in [-0.25, -0.2) is 9.67 Å². The van der Waals surface area contributed by atoms with Crippen molar-refractivity contribution in [2.24, 2.45) is 0 Å². The second-order valence-corrected chi connectivity index (χ2v) is 4.20. The van der Waals surface area contributed by atoms with Crippen LogP contribution in [-0.4, -0.2) is 38.9 Å². The standard InChI is InChI=1S/C10H16N4O2/c1-6(8(11-2)10(15)16)14-5-12-9(13-14)7-3-4-7/h5-8,11H,3-4H2,1-2H3,(H,15,16). The van der Waals surface area contributed by atoms with Crippen LogP contribution in [0.4, 0.5) is 0 Å². The number of hydrogen-bond acceptors (Lipinski definition) is 4. The Morgan fingerprint density at radius 1 is 1.69 bits per heavy atom. The minimum absolute atomic E-state index is 0.248. The molecule has 2 unspecified atom stereocenters. The van der Waals surface area contributed by atoms with Crippen LogP contribution in [0.5, 0.6) is 0 Å². The Morgan fingerprint density at radius 2 is 2.38 bits per heavy atom. The molecule has 16 heavy (non-hydrogen) atoms. The van der Waals surface area contributed by atoms with Gasteiger partial charge < -0.3 is 10.4 Å². The number of rotatable bonds is 5. The molecule has 1 aromatic heterocycles. The van der Waals surface area contributed by atoms with Crippen LogP contribution in [0.3, 0.4) is 0 Å². The van der Waals surface area contributed by atoms with E-state index in [9.17, 15) is 4.79 Å². The molecule has 0 radical (unpaired) electrons. The van der Waals surface area contributed by atoms with Crippen molar-refractivity contribution in [3.8, 4) is 0 Å². The molecule has 6 heteroatoms. The Morgan fingerprint density at radius 3 is 2.88 bits per heavy atom. The van der Waals surface area contributed by atoms with Crippen molar-refractivity contribution >= 4 is 5.97 Å². The summed E-state index contributed by atoms with van der Waals surface area (Å²) in [6.45, 7) is 1.82. The fourth-order valence-corrected chi connectivity index (χ4v) is 1.74. The minimum atomic E-state index is -0.876. The number of nitrogens with zero attached hydrogens (tertiary/aromatic N) is 3. The van der Waals surface area contributed by atoms with Crippen LogP contribution in [0.1, 0.15) is 37.5 Å². The number of aliphatic carboxylic acids is 1. The van der Waals surface area contributed by atoms with Gasteiger partial charge in [0.15, 0.2) is 5.82 Å². The molecule has 2 atom stereocenters. The molecule has 1 heterocycles. The van der Waals surface area contributed by atoms with Gasteiger partial charge in [0.05, 0.1) is 6.04 Å². The van der Waals surface area contributed by atoms with Crippen molar-refractivity contribution in [3.63, 3.8) is 0 Å². The maximum Gasteiger partial charge on any atom is 0.322 e. The van der Waals surface area contributed by atoms with Gasteiger partial charge in [0, 0.05) is 5.92 Å². The summed E-state index contributed by atoms with van der Waals surface area (Å²) >= 11 is 0. The first-order valence-corrected chi connectivity index (χ1v) is 5.44. The molecular formula is C10H16N4O2. The van der Waals surface area contributed by atoms with Crippen molar-refractivity contribution in [1.82, 2.24) is 20.1 Å². The summed E-state index contributed by atoms with van der Waals surface area (Å²) < 4.78 is 1.63. The average Bonchev–Trinajstić information content (AvgIpc) is 2.97. The Bertz CT molecular complexity index is 386. The predicted octanol–water partition coefficient (Wildman–Crippen LogP) is 0.389. The summed E-state index contributed by atoms with van der Waals surface area (Å²) in [6.07, 6.45) is 3.91. The molecule has 1 aliphatic rings. The van der Waals surface area contributed by atoms with E-state index in [0.717, 1.165) is 18.7 Å². The smallest absolute Gasteiger partial charge is 0.322 e. The highest BCUT2D eigenvalue weighted by Gasteiger charge is 2.30. The predicted molar refractivity (Wildman–Crippen MR) is 57.2 cm³/mol. The molecule has 1 fully saturated rings. The molecular weight excluding hydrogens is 208 g/mol. The summed E-state index contributed by atoms with van der Waals surface area (Å²) in [5.41, 5.74) is 0. The molecule has 0 aliphatic heterocycles. The van der Waals surface area contributed by atoms with E-state index in [4.69, 9.17) is 5.11 Å². The van der Waals surface area contributed by atoms with Gasteiger partial charge in [0.1, 0.15) is 12.4 Å². The lowest BCUT2D eigenvalue weighted by Crippen LogP contribution is -2.40. The van der Waals surface area contributed by atoms with Gasteiger partial charge in [-0.05, 0) is 26.8 Å². The van der Waals surface area contributed by atoms with Crippen molar-refractivity contribution in [2.45, 2.75) is 37.8 Å². The number of carboxylic acids is 1. The highest BCUT2D eigenvalue weighted by molar-refractivity contribution is 5.74.